The molecule has 1 aromatic heterocycles. The van der Waals surface area contributed by atoms with E-state index in [0.717, 1.165) is 28.2 Å². The lowest BCUT2D eigenvalue weighted by atomic mass is 9.98. The first-order chi connectivity index (χ1) is 9.69. The lowest BCUT2D eigenvalue weighted by Gasteiger charge is -2.20. The Morgan fingerprint density at radius 1 is 1.10 bits per heavy atom. The number of hydrogen-bond acceptors (Lipinski definition) is 4. The van der Waals surface area contributed by atoms with E-state index in [1.54, 1.807) is 14.2 Å². The minimum Gasteiger partial charge on any atom is -0.497 e. The van der Waals surface area contributed by atoms with Crippen LogP contribution >= 0.6 is 0 Å². The minimum atomic E-state index is 0.0308. The molecular formula is C16H20N2O2. The van der Waals surface area contributed by atoms with Crippen LogP contribution in [-0.2, 0) is 0 Å². The average Bonchev–Trinajstić information content (AvgIpc) is 2.48. The summed E-state index contributed by atoms with van der Waals surface area (Å²) in [7, 11) is 5.24. The number of pyridine rings is 1. The summed E-state index contributed by atoms with van der Waals surface area (Å²) in [4.78, 5) is 4.26. The van der Waals surface area contributed by atoms with Crippen molar-refractivity contribution in [2.24, 2.45) is 0 Å². The molecule has 1 heterocycles. The predicted octanol–water partition coefficient (Wildman–Crippen LogP) is 2.72. The van der Waals surface area contributed by atoms with Crippen molar-refractivity contribution in [3.8, 4) is 11.5 Å². The van der Waals surface area contributed by atoms with Gasteiger partial charge in [0, 0.05) is 24.0 Å². The van der Waals surface area contributed by atoms with Crippen molar-refractivity contribution < 1.29 is 9.47 Å². The van der Waals surface area contributed by atoms with Crippen LogP contribution in [0.3, 0.4) is 0 Å². The maximum atomic E-state index is 5.48. The van der Waals surface area contributed by atoms with E-state index < -0.39 is 0 Å². The van der Waals surface area contributed by atoms with Gasteiger partial charge in [-0.25, -0.2) is 0 Å². The second kappa shape index (κ2) is 6.39. The molecule has 0 fully saturated rings. The van der Waals surface area contributed by atoms with Gasteiger partial charge in [0.1, 0.15) is 11.5 Å². The highest BCUT2D eigenvalue weighted by molar-refractivity contribution is 5.46. The number of nitrogens with one attached hydrogen (secondary N) is 1. The molecule has 0 saturated carbocycles. The maximum absolute atomic E-state index is 5.48. The Morgan fingerprint density at radius 3 is 2.50 bits per heavy atom. The number of benzene rings is 1. The van der Waals surface area contributed by atoms with Gasteiger partial charge in [-0.3, -0.25) is 4.98 Å². The van der Waals surface area contributed by atoms with E-state index in [4.69, 9.17) is 9.47 Å². The number of nitrogens with zero attached hydrogens (tertiary/aromatic N) is 1. The zero-order valence-electron chi connectivity index (χ0n) is 12.3. The van der Waals surface area contributed by atoms with E-state index >= 15 is 0 Å². The van der Waals surface area contributed by atoms with E-state index in [9.17, 15) is 0 Å². The molecule has 20 heavy (non-hydrogen) atoms. The molecule has 0 spiro atoms. The summed E-state index contributed by atoms with van der Waals surface area (Å²) in [5, 5.41) is 3.31. The quantitative estimate of drug-likeness (QED) is 0.909. The Hall–Kier alpha value is -2.07. The van der Waals surface area contributed by atoms with Gasteiger partial charge in [0.05, 0.1) is 20.3 Å². The highest BCUT2D eigenvalue weighted by Gasteiger charge is 2.17. The van der Waals surface area contributed by atoms with Crippen molar-refractivity contribution in [3.05, 3.63) is 53.3 Å². The lowest BCUT2D eigenvalue weighted by molar-refractivity contribution is 0.388. The summed E-state index contributed by atoms with van der Waals surface area (Å²) >= 11 is 0. The molecule has 0 aliphatic carbocycles. The van der Waals surface area contributed by atoms with E-state index in [2.05, 4.69) is 16.4 Å². The van der Waals surface area contributed by atoms with E-state index in [-0.39, 0.29) is 6.04 Å². The second-order valence-corrected chi connectivity index (χ2v) is 4.63. The third kappa shape index (κ3) is 2.91. The van der Waals surface area contributed by atoms with E-state index in [0.29, 0.717) is 0 Å². The number of ether oxygens (including phenoxy) is 2. The van der Waals surface area contributed by atoms with Crippen molar-refractivity contribution in [1.29, 1.82) is 0 Å². The fourth-order valence-electron chi connectivity index (χ4n) is 2.29. The van der Waals surface area contributed by atoms with Crippen LogP contribution in [0.5, 0.6) is 11.5 Å². The summed E-state index contributed by atoms with van der Waals surface area (Å²) in [6, 6.07) is 8.00. The van der Waals surface area contributed by atoms with E-state index in [1.807, 2.05) is 44.6 Å². The molecular weight excluding hydrogens is 252 g/mol. The van der Waals surface area contributed by atoms with Gasteiger partial charge in [-0.2, -0.15) is 0 Å². The van der Waals surface area contributed by atoms with Crippen LogP contribution in [0.1, 0.15) is 22.7 Å². The number of aromatic nitrogens is 1. The summed E-state index contributed by atoms with van der Waals surface area (Å²) in [6.45, 7) is 2.04. The Labute approximate surface area is 119 Å². The van der Waals surface area contributed by atoms with E-state index in [1.165, 1.54) is 0 Å². The standard InChI is InChI=1S/C16H20N2O2/c1-11-7-12(10-18-9-11)16(17-2)14-6-5-13(19-3)8-15(14)20-4/h5-10,16-17H,1-4H3. The van der Waals surface area contributed by atoms with Crippen molar-refractivity contribution in [3.63, 3.8) is 0 Å². The van der Waals surface area contributed by atoms with Crippen LogP contribution in [0.25, 0.3) is 0 Å². The van der Waals surface area contributed by atoms with Gasteiger partial charge in [0.2, 0.25) is 0 Å². The van der Waals surface area contributed by atoms with Crippen molar-refractivity contribution in [1.82, 2.24) is 10.3 Å². The largest absolute Gasteiger partial charge is 0.497 e. The molecule has 1 atom stereocenters. The van der Waals surface area contributed by atoms with Crippen molar-refractivity contribution in [2.45, 2.75) is 13.0 Å². The maximum Gasteiger partial charge on any atom is 0.127 e. The molecule has 0 amide bonds. The molecule has 2 rings (SSSR count). The smallest absolute Gasteiger partial charge is 0.127 e. The Kier molecular flexibility index (Phi) is 4.58. The number of methoxy groups -OCH3 is 2. The Morgan fingerprint density at radius 2 is 1.90 bits per heavy atom. The first kappa shape index (κ1) is 14.3. The summed E-state index contributed by atoms with van der Waals surface area (Å²) in [5.41, 5.74) is 3.30. The zero-order valence-corrected chi connectivity index (χ0v) is 12.3. The predicted molar refractivity (Wildman–Crippen MR) is 79.4 cm³/mol. The van der Waals surface area contributed by atoms with Gasteiger partial charge < -0.3 is 14.8 Å². The molecule has 1 unspecified atom stereocenters. The van der Waals surface area contributed by atoms with Crippen LogP contribution in [-0.4, -0.2) is 26.3 Å². The van der Waals surface area contributed by atoms with Gasteiger partial charge >= 0.3 is 0 Å². The van der Waals surface area contributed by atoms with Crippen LogP contribution < -0.4 is 14.8 Å². The zero-order chi connectivity index (χ0) is 14.5. The monoisotopic (exact) mass is 272 g/mol. The minimum absolute atomic E-state index is 0.0308. The van der Waals surface area contributed by atoms with Crippen LogP contribution in [0.2, 0.25) is 0 Å². The third-order valence-corrected chi connectivity index (χ3v) is 3.27. The SMILES string of the molecule is CNC(c1cncc(C)c1)c1ccc(OC)cc1OC. The first-order valence-corrected chi connectivity index (χ1v) is 6.50. The van der Waals surface area contributed by atoms with Crippen LogP contribution in [0.15, 0.2) is 36.7 Å². The Bertz CT molecular complexity index is 584. The van der Waals surface area contributed by atoms with Gasteiger partial charge in [0.25, 0.3) is 0 Å². The molecule has 4 nitrogen and oxygen atoms in total. The lowest BCUT2D eigenvalue weighted by Crippen LogP contribution is -2.18. The van der Waals surface area contributed by atoms with Gasteiger partial charge in [-0.1, -0.05) is 6.07 Å². The first-order valence-electron chi connectivity index (χ1n) is 6.50. The number of hydrogen-bond donors (Lipinski definition) is 1. The van der Waals surface area contributed by atoms with Gasteiger partial charge in [0.15, 0.2) is 0 Å². The molecule has 1 aromatic carbocycles. The van der Waals surface area contributed by atoms with Gasteiger partial charge in [-0.05, 0) is 37.2 Å². The molecule has 4 heteroatoms. The summed E-state index contributed by atoms with van der Waals surface area (Å²) < 4.78 is 10.7. The topological polar surface area (TPSA) is 43.4 Å². The molecule has 0 radical (unpaired) electrons. The highest BCUT2D eigenvalue weighted by Crippen LogP contribution is 2.32. The number of aryl methyl sites for hydroxylation is 1. The molecule has 106 valence electrons. The molecule has 2 aromatic rings. The third-order valence-electron chi connectivity index (χ3n) is 3.27. The molecule has 0 bridgehead atoms. The van der Waals surface area contributed by atoms with Crippen molar-refractivity contribution in [2.75, 3.05) is 21.3 Å². The number of rotatable bonds is 5. The summed E-state index contributed by atoms with van der Waals surface area (Å²) in [6.07, 6.45) is 3.72. The molecule has 0 aliphatic heterocycles. The highest BCUT2D eigenvalue weighted by atomic mass is 16.5. The second-order valence-electron chi connectivity index (χ2n) is 4.63. The molecule has 0 aliphatic rings. The Balaban J connectivity index is 2.46. The normalized spacial score (nSPS) is 12.0. The molecule has 1 N–H and O–H groups in total. The summed E-state index contributed by atoms with van der Waals surface area (Å²) in [5.74, 6) is 1.58. The average molecular weight is 272 g/mol. The van der Waals surface area contributed by atoms with Crippen LogP contribution in [0, 0.1) is 6.92 Å². The fraction of sp³-hybridized carbons (Fsp3) is 0.312. The van der Waals surface area contributed by atoms with Crippen molar-refractivity contribution >= 4 is 0 Å². The van der Waals surface area contributed by atoms with Gasteiger partial charge in [-0.15, -0.1) is 0 Å². The van der Waals surface area contributed by atoms with Crippen LogP contribution in [0.4, 0.5) is 0 Å². The molecule has 0 saturated heterocycles. The fourth-order valence-corrected chi connectivity index (χ4v) is 2.29.